The van der Waals surface area contributed by atoms with Gasteiger partial charge in [-0.25, -0.2) is 9.78 Å². The summed E-state index contributed by atoms with van der Waals surface area (Å²) in [5.41, 5.74) is 5.83. The molecular weight excluding hydrogens is 368 g/mol. The number of fused-ring (bicyclic) bond motifs is 1. The molecule has 1 aromatic heterocycles. The Morgan fingerprint density at radius 2 is 1.83 bits per heavy atom. The molecule has 0 amide bonds. The molecule has 0 fully saturated rings. The Morgan fingerprint density at radius 3 is 2.52 bits per heavy atom. The van der Waals surface area contributed by atoms with E-state index in [0.717, 1.165) is 23.0 Å². The van der Waals surface area contributed by atoms with E-state index in [4.69, 9.17) is 0 Å². The molecule has 0 aliphatic carbocycles. The zero-order chi connectivity index (χ0) is 20.4. The summed E-state index contributed by atoms with van der Waals surface area (Å²) in [5.74, 6) is -0.863. The van der Waals surface area contributed by atoms with Crippen molar-refractivity contribution in [3.8, 4) is 11.1 Å². The van der Waals surface area contributed by atoms with Gasteiger partial charge in [0.2, 0.25) is 0 Å². The fourth-order valence-electron chi connectivity index (χ4n) is 3.43. The molecule has 1 atom stereocenters. The van der Waals surface area contributed by atoms with Crippen LogP contribution in [-0.4, -0.2) is 26.3 Å². The standard InChI is InChI=1S/C22H20N4O3/c1-14-7-12-19(20-23-13-18(22(28)29)21(27)26(14)20)25-24-17-10-8-16(9-11-17)15-5-3-2-4-6-15/h2-6,8-11,13-14,24H,7,12H2,1H3,(H,28,29)/b25-19+. The molecule has 3 aromatic rings. The van der Waals surface area contributed by atoms with Crippen molar-refractivity contribution >= 4 is 17.4 Å². The Kier molecular flexibility index (Phi) is 4.95. The molecule has 0 spiro atoms. The monoisotopic (exact) mass is 388 g/mol. The van der Waals surface area contributed by atoms with Crippen molar-refractivity contribution < 1.29 is 9.90 Å². The van der Waals surface area contributed by atoms with Gasteiger partial charge in [-0.15, -0.1) is 0 Å². The van der Waals surface area contributed by atoms with E-state index in [0.29, 0.717) is 24.4 Å². The summed E-state index contributed by atoms with van der Waals surface area (Å²) < 4.78 is 1.42. The highest BCUT2D eigenvalue weighted by atomic mass is 16.4. The number of aromatic nitrogens is 2. The lowest BCUT2D eigenvalue weighted by Crippen LogP contribution is -2.37. The first-order valence-electron chi connectivity index (χ1n) is 9.38. The second kappa shape index (κ2) is 7.71. The van der Waals surface area contributed by atoms with E-state index in [2.05, 4.69) is 27.6 Å². The maximum absolute atomic E-state index is 12.5. The molecule has 0 radical (unpaired) electrons. The molecule has 1 aliphatic rings. The van der Waals surface area contributed by atoms with Crippen LogP contribution in [0, 0.1) is 0 Å². The molecule has 7 nitrogen and oxygen atoms in total. The first-order valence-corrected chi connectivity index (χ1v) is 9.38. The Labute approximate surface area is 167 Å². The van der Waals surface area contributed by atoms with Crippen LogP contribution in [0.5, 0.6) is 0 Å². The highest BCUT2D eigenvalue weighted by Gasteiger charge is 2.26. The van der Waals surface area contributed by atoms with Crippen LogP contribution >= 0.6 is 0 Å². The van der Waals surface area contributed by atoms with Crippen LogP contribution in [0.3, 0.4) is 0 Å². The lowest BCUT2D eigenvalue weighted by Gasteiger charge is -2.25. The van der Waals surface area contributed by atoms with Crippen molar-refractivity contribution in [2.75, 3.05) is 5.43 Å². The number of hydrogen-bond acceptors (Lipinski definition) is 5. The molecule has 2 heterocycles. The molecule has 2 aromatic carbocycles. The van der Waals surface area contributed by atoms with Gasteiger partial charge in [-0.1, -0.05) is 42.5 Å². The van der Waals surface area contributed by atoms with Crippen molar-refractivity contribution in [3.05, 3.63) is 82.5 Å². The molecule has 4 rings (SSSR count). The summed E-state index contributed by atoms with van der Waals surface area (Å²) in [6, 6.07) is 17.9. The van der Waals surface area contributed by atoms with Gasteiger partial charge in [-0.2, -0.15) is 5.10 Å². The Bertz CT molecular complexity index is 1130. The predicted molar refractivity (Wildman–Crippen MR) is 111 cm³/mol. The molecule has 0 bridgehead atoms. The van der Waals surface area contributed by atoms with Gasteiger partial charge in [0.25, 0.3) is 5.56 Å². The molecule has 0 saturated heterocycles. The summed E-state index contributed by atoms with van der Waals surface area (Å²) in [4.78, 5) is 28.0. The van der Waals surface area contributed by atoms with Gasteiger partial charge in [-0.05, 0) is 43.0 Å². The van der Waals surface area contributed by atoms with Gasteiger partial charge >= 0.3 is 5.97 Å². The Morgan fingerprint density at radius 1 is 1.14 bits per heavy atom. The average molecular weight is 388 g/mol. The van der Waals surface area contributed by atoms with Gasteiger partial charge < -0.3 is 5.11 Å². The quantitative estimate of drug-likeness (QED) is 0.663. The van der Waals surface area contributed by atoms with Crippen LogP contribution in [0.2, 0.25) is 0 Å². The van der Waals surface area contributed by atoms with E-state index in [1.165, 1.54) is 4.57 Å². The molecule has 0 saturated carbocycles. The van der Waals surface area contributed by atoms with E-state index >= 15 is 0 Å². The number of carboxylic acid groups (broad SMARTS) is 1. The third kappa shape index (κ3) is 3.67. The third-order valence-corrected chi connectivity index (χ3v) is 5.03. The Balaban J connectivity index is 1.60. The van der Waals surface area contributed by atoms with Crippen LogP contribution in [0.4, 0.5) is 5.69 Å². The fraction of sp³-hybridized carbons (Fsp3) is 0.182. The summed E-state index contributed by atoms with van der Waals surface area (Å²) in [6.07, 6.45) is 2.44. The van der Waals surface area contributed by atoms with Gasteiger partial charge in [0.1, 0.15) is 11.3 Å². The van der Waals surface area contributed by atoms with Gasteiger partial charge in [0.15, 0.2) is 5.82 Å². The molecule has 29 heavy (non-hydrogen) atoms. The summed E-state index contributed by atoms with van der Waals surface area (Å²) in [5, 5.41) is 13.6. The van der Waals surface area contributed by atoms with Gasteiger partial charge in [0.05, 0.1) is 5.69 Å². The number of hydrogen-bond donors (Lipinski definition) is 2. The molecule has 146 valence electrons. The minimum absolute atomic E-state index is 0.131. The molecule has 2 N–H and O–H groups in total. The minimum atomic E-state index is -1.27. The third-order valence-electron chi connectivity index (χ3n) is 5.03. The topological polar surface area (TPSA) is 96.6 Å². The molecule has 1 aliphatic heterocycles. The highest BCUT2D eigenvalue weighted by molar-refractivity contribution is 5.99. The lowest BCUT2D eigenvalue weighted by molar-refractivity contribution is 0.0693. The number of benzene rings is 2. The second-order valence-electron chi connectivity index (χ2n) is 6.98. The molecule has 1 unspecified atom stereocenters. The smallest absolute Gasteiger partial charge is 0.342 e. The number of nitrogens with zero attached hydrogens (tertiary/aromatic N) is 3. The normalized spacial score (nSPS) is 17.0. The maximum atomic E-state index is 12.5. The summed E-state index contributed by atoms with van der Waals surface area (Å²) in [6.45, 7) is 1.88. The zero-order valence-corrected chi connectivity index (χ0v) is 15.9. The summed E-state index contributed by atoms with van der Waals surface area (Å²) >= 11 is 0. The van der Waals surface area contributed by atoms with Crippen LogP contribution in [0.25, 0.3) is 11.1 Å². The van der Waals surface area contributed by atoms with E-state index in [9.17, 15) is 14.7 Å². The number of anilines is 1. The van der Waals surface area contributed by atoms with E-state index in [1.807, 2.05) is 49.4 Å². The minimum Gasteiger partial charge on any atom is -0.477 e. The van der Waals surface area contributed by atoms with Crippen LogP contribution in [0.1, 0.15) is 42.0 Å². The van der Waals surface area contributed by atoms with E-state index in [-0.39, 0.29) is 11.6 Å². The second-order valence-corrected chi connectivity index (χ2v) is 6.98. The number of hydrazone groups is 1. The average Bonchev–Trinajstić information content (AvgIpc) is 2.74. The Hall–Kier alpha value is -3.74. The highest BCUT2D eigenvalue weighted by Crippen LogP contribution is 2.23. The summed E-state index contributed by atoms with van der Waals surface area (Å²) in [7, 11) is 0. The molecular formula is C22H20N4O3. The fourth-order valence-corrected chi connectivity index (χ4v) is 3.43. The first-order chi connectivity index (χ1) is 14.0. The van der Waals surface area contributed by atoms with Crippen molar-refractivity contribution in [1.82, 2.24) is 9.55 Å². The van der Waals surface area contributed by atoms with Crippen molar-refractivity contribution in [3.63, 3.8) is 0 Å². The lowest BCUT2D eigenvalue weighted by atomic mass is 10.0. The van der Waals surface area contributed by atoms with Crippen molar-refractivity contribution in [2.24, 2.45) is 5.10 Å². The SMILES string of the molecule is CC1CC/C(=N\Nc2ccc(-c3ccccc3)cc2)c2ncc(C(=O)O)c(=O)n21. The number of carbonyl (C=O) groups is 1. The van der Waals surface area contributed by atoms with E-state index in [1.54, 1.807) is 0 Å². The van der Waals surface area contributed by atoms with Crippen LogP contribution < -0.4 is 11.0 Å². The van der Waals surface area contributed by atoms with E-state index < -0.39 is 11.5 Å². The van der Waals surface area contributed by atoms with Crippen molar-refractivity contribution in [1.29, 1.82) is 0 Å². The predicted octanol–water partition coefficient (Wildman–Crippen LogP) is 3.78. The number of nitrogens with one attached hydrogen (secondary N) is 1. The van der Waals surface area contributed by atoms with Crippen LogP contribution in [-0.2, 0) is 0 Å². The number of carboxylic acids is 1. The van der Waals surface area contributed by atoms with Gasteiger partial charge in [0, 0.05) is 12.2 Å². The maximum Gasteiger partial charge on any atom is 0.342 e. The van der Waals surface area contributed by atoms with Gasteiger partial charge in [-0.3, -0.25) is 14.8 Å². The van der Waals surface area contributed by atoms with Crippen molar-refractivity contribution in [2.45, 2.75) is 25.8 Å². The molecule has 7 heteroatoms. The number of rotatable bonds is 4. The first kappa shape index (κ1) is 18.6. The largest absolute Gasteiger partial charge is 0.477 e. The number of aromatic carboxylic acids is 1. The van der Waals surface area contributed by atoms with Crippen LogP contribution in [0.15, 0.2) is 70.7 Å². The zero-order valence-electron chi connectivity index (χ0n) is 15.9.